The summed E-state index contributed by atoms with van der Waals surface area (Å²) in [6, 6.07) is 8.96. The SMILES string of the molecule is CC(C)=C(O)Nc1cccc(-c2cnc(N3CCN(C4CCCC4)CC3)s2)c1. The van der Waals surface area contributed by atoms with E-state index in [1.165, 1.54) is 25.7 Å². The van der Waals surface area contributed by atoms with Crippen LogP contribution in [0, 0.1) is 0 Å². The third-order valence-corrected chi connectivity index (χ3v) is 6.91. The van der Waals surface area contributed by atoms with Crippen LogP contribution < -0.4 is 10.2 Å². The topological polar surface area (TPSA) is 51.6 Å². The normalized spacial score (nSPS) is 18.4. The molecule has 1 aliphatic heterocycles. The highest BCUT2D eigenvalue weighted by Gasteiger charge is 2.27. The van der Waals surface area contributed by atoms with Crippen LogP contribution in [0.5, 0.6) is 0 Å². The molecule has 1 aliphatic carbocycles. The number of allylic oxidation sites excluding steroid dienone is 1. The maximum absolute atomic E-state index is 9.96. The molecule has 2 fully saturated rings. The van der Waals surface area contributed by atoms with Crippen molar-refractivity contribution in [2.24, 2.45) is 0 Å². The van der Waals surface area contributed by atoms with Gasteiger partial charge < -0.3 is 15.3 Å². The van der Waals surface area contributed by atoms with Crippen molar-refractivity contribution in [1.82, 2.24) is 9.88 Å². The second-order valence-electron chi connectivity index (χ2n) is 8.02. The van der Waals surface area contributed by atoms with Crippen LogP contribution in [-0.2, 0) is 0 Å². The van der Waals surface area contributed by atoms with Crippen LogP contribution in [0.25, 0.3) is 10.4 Å². The summed E-state index contributed by atoms with van der Waals surface area (Å²) in [5.74, 6) is 0.210. The molecule has 1 saturated carbocycles. The molecule has 2 aliphatic rings. The number of benzene rings is 1. The Morgan fingerprint density at radius 3 is 2.61 bits per heavy atom. The van der Waals surface area contributed by atoms with Crippen molar-refractivity contribution in [1.29, 1.82) is 0 Å². The van der Waals surface area contributed by atoms with Crippen molar-refractivity contribution in [2.45, 2.75) is 45.6 Å². The largest absolute Gasteiger partial charge is 0.495 e. The van der Waals surface area contributed by atoms with E-state index in [1.807, 2.05) is 32.2 Å². The number of nitrogens with one attached hydrogen (secondary N) is 1. The highest BCUT2D eigenvalue weighted by atomic mass is 32.1. The van der Waals surface area contributed by atoms with Crippen LogP contribution >= 0.6 is 11.3 Å². The third-order valence-electron chi connectivity index (χ3n) is 5.80. The van der Waals surface area contributed by atoms with Crippen LogP contribution in [0.1, 0.15) is 39.5 Å². The summed E-state index contributed by atoms with van der Waals surface area (Å²) in [4.78, 5) is 11.0. The van der Waals surface area contributed by atoms with E-state index in [-0.39, 0.29) is 5.88 Å². The molecule has 2 aromatic rings. The minimum atomic E-state index is 0.210. The summed E-state index contributed by atoms with van der Waals surface area (Å²) >= 11 is 1.75. The average molecular weight is 399 g/mol. The highest BCUT2D eigenvalue weighted by Crippen LogP contribution is 2.33. The second-order valence-corrected chi connectivity index (χ2v) is 9.03. The zero-order valence-electron chi connectivity index (χ0n) is 16.8. The molecular formula is C22H30N4OS. The van der Waals surface area contributed by atoms with E-state index in [1.54, 1.807) is 11.3 Å². The van der Waals surface area contributed by atoms with E-state index in [0.717, 1.165) is 59.1 Å². The van der Waals surface area contributed by atoms with E-state index in [0.29, 0.717) is 0 Å². The predicted molar refractivity (Wildman–Crippen MR) is 118 cm³/mol. The number of thiazole rings is 1. The first-order chi connectivity index (χ1) is 13.6. The van der Waals surface area contributed by atoms with Crippen LogP contribution in [0.15, 0.2) is 41.9 Å². The average Bonchev–Trinajstić information content (AvgIpc) is 3.40. The lowest BCUT2D eigenvalue weighted by molar-refractivity contribution is 0.187. The number of hydrogen-bond donors (Lipinski definition) is 2. The van der Waals surface area contributed by atoms with E-state index >= 15 is 0 Å². The van der Waals surface area contributed by atoms with Crippen LogP contribution in [0.2, 0.25) is 0 Å². The van der Waals surface area contributed by atoms with Crippen LogP contribution in [0.4, 0.5) is 10.8 Å². The van der Waals surface area contributed by atoms with Crippen molar-refractivity contribution in [3.8, 4) is 10.4 Å². The van der Waals surface area contributed by atoms with Crippen molar-refractivity contribution in [2.75, 3.05) is 36.4 Å². The van der Waals surface area contributed by atoms with Gasteiger partial charge >= 0.3 is 0 Å². The van der Waals surface area contributed by atoms with E-state index in [9.17, 15) is 5.11 Å². The highest BCUT2D eigenvalue weighted by molar-refractivity contribution is 7.18. The van der Waals surface area contributed by atoms with Gasteiger partial charge in [0.05, 0.1) is 4.88 Å². The Bertz CT molecular complexity index is 829. The molecular weight excluding hydrogens is 368 g/mol. The molecule has 0 radical (unpaired) electrons. The maximum atomic E-state index is 9.96. The zero-order valence-corrected chi connectivity index (χ0v) is 17.6. The summed E-state index contributed by atoms with van der Waals surface area (Å²) < 4.78 is 0. The van der Waals surface area contributed by atoms with Crippen LogP contribution in [-0.4, -0.2) is 47.2 Å². The molecule has 0 amide bonds. The number of nitrogens with zero attached hydrogens (tertiary/aromatic N) is 3. The van der Waals surface area contributed by atoms with Gasteiger partial charge in [0.15, 0.2) is 11.0 Å². The molecule has 28 heavy (non-hydrogen) atoms. The van der Waals surface area contributed by atoms with E-state index in [2.05, 4.69) is 27.2 Å². The van der Waals surface area contributed by atoms with E-state index in [4.69, 9.17) is 4.98 Å². The van der Waals surface area contributed by atoms with Gasteiger partial charge in [0.1, 0.15) is 0 Å². The Kier molecular flexibility index (Phi) is 5.87. The molecule has 0 atom stereocenters. The molecule has 5 nitrogen and oxygen atoms in total. The first-order valence-corrected chi connectivity index (χ1v) is 11.1. The smallest absolute Gasteiger partial charge is 0.187 e. The molecule has 1 saturated heterocycles. The fourth-order valence-electron chi connectivity index (χ4n) is 4.10. The van der Waals surface area contributed by atoms with Gasteiger partial charge in [0, 0.05) is 44.1 Å². The summed E-state index contributed by atoms with van der Waals surface area (Å²) in [5.41, 5.74) is 2.87. The summed E-state index contributed by atoms with van der Waals surface area (Å²) in [6.07, 6.45) is 7.55. The van der Waals surface area contributed by atoms with Crippen molar-refractivity contribution < 1.29 is 5.11 Å². The molecule has 4 rings (SSSR count). The molecule has 0 spiro atoms. The summed E-state index contributed by atoms with van der Waals surface area (Å²) in [7, 11) is 0. The quantitative estimate of drug-likeness (QED) is 0.687. The molecule has 1 aromatic heterocycles. The van der Waals surface area contributed by atoms with Crippen molar-refractivity contribution in [3.05, 3.63) is 41.9 Å². The fraction of sp³-hybridized carbons (Fsp3) is 0.500. The van der Waals surface area contributed by atoms with Gasteiger partial charge in [-0.05, 0) is 50.0 Å². The summed E-state index contributed by atoms with van der Waals surface area (Å²) in [6.45, 7) is 8.21. The minimum Gasteiger partial charge on any atom is -0.495 e. The number of anilines is 2. The van der Waals surface area contributed by atoms with Crippen LogP contribution in [0.3, 0.4) is 0 Å². The van der Waals surface area contributed by atoms with E-state index < -0.39 is 0 Å². The molecule has 6 heteroatoms. The van der Waals surface area contributed by atoms with Crippen molar-refractivity contribution in [3.63, 3.8) is 0 Å². The Hall–Kier alpha value is -2.05. The summed E-state index contributed by atoms with van der Waals surface area (Å²) in [5, 5.41) is 14.1. The van der Waals surface area contributed by atoms with Gasteiger partial charge in [0.2, 0.25) is 0 Å². The molecule has 1 aromatic carbocycles. The van der Waals surface area contributed by atoms with Gasteiger partial charge in [-0.25, -0.2) is 4.98 Å². The Balaban J connectivity index is 1.41. The van der Waals surface area contributed by atoms with Gasteiger partial charge in [-0.2, -0.15) is 0 Å². The Morgan fingerprint density at radius 2 is 1.89 bits per heavy atom. The third kappa shape index (κ3) is 4.33. The number of aliphatic hydroxyl groups excluding tert-OH is 1. The molecule has 150 valence electrons. The lowest BCUT2D eigenvalue weighted by Crippen LogP contribution is -2.49. The minimum absolute atomic E-state index is 0.210. The van der Waals surface area contributed by atoms with Crippen molar-refractivity contribution >= 4 is 22.2 Å². The monoisotopic (exact) mass is 398 g/mol. The lowest BCUT2D eigenvalue weighted by Gasteiger charge is -2.37. The predicted octanol–water partition coefficient (Wildman–Crippen LogP) is 5.10. The standard InChI is InChI=1S/C22H30N4OS/c1-16(2)21(27)24-18-7-5-6-17(14-18)20-15-23-22(28-20)26-12-10-25(11-13-26)19-8-3-4-9-19/h5-7,14-15,19,24,27H,3-4,8-13H2,1-2H3. The fourth-order valence-corrected chi connectivity index (χ4v) is 5.07. The Labute approximate surface area is 171 Å². The van der Waals surface area contributed by atoms with Gasteiger partial charge in [-0.1, -0.05) is 36.3 Å². The number of aromatic nitrogens is 1. The second kappa shape index (κ2) is 8.53. The molecule has 2 N–H and O–H groups in total. The number of aliphatic hydroxyl groups is 1. The van der Waals surface area contributed by atoms with Gasteiger partial charge in [-0.15, -0.1) is 0 Å². The molecule has 0 bridgehead atoms. The first-order valence-electron chi connectivity index (χ1n) is 10.3. The zero-order chi connectivity index (χ0) is 19.5. The Morgan fingerprint density at radius 1 is 1.14 bits per heavy atom. The molecule has 2 heterocycles. The molecule has 0 unspecified atom stereocenters. The van der Waals surface area contributed by atoms with Gasteiger partial charge in [0.25, 0.3) is 0 Å². The first kappa shape index (κ1) is 19.3. The maximum Gasteiger partial charge on any atom is 0.187 e. The number of piperazine rings is 1. The lowest BCUT2D eigenvalue weighted by atomic mass is 10.2. The number of hydrogen-bond acceptors (Lipinski definition) is 6. The van der Waals surface area contributed by atoms with Gasteiger partial charge in [-0.3, -0.25) is 4.90 Å². The number of rotatable bonds is 5.